The maximum atomic E-state index is 11.3. The van der Waals surface area contributed by atoms with E-state index in [-0.39, 0.29) is 0 Å². The lowest BCUT2D eigenvalue weighted by molar-refractivity contribution is -0.221. The fourth-order valence-electron chi connectivity index (χ4n) is 2.17. The number of aliphatic hydroxyl groups excluding tert-OH is 7. The molecule has 0 aromatic heterocycles. The summed E-state index contributed by atoms with van der Waals surface area (Å²) in [7, 11) is 0. The third-order valence-corrected chi connectivity index (χ3v) is 3.76. The van der Waals surface area contributed by atoms with E-state index in [1.807, 2.05) is 0 Å². The highest BCUT2D eigenvalue weighted by Gasteiger charge is 2.45. The van der Waals surface area contributed by atoms with Gasteiger partial charge in [-0.2, -0.15) is 0 Å². The topological polar surface area (TPSA) is 214 Å². The van der Waals surface area contributed by atoms with Crippen molar-refractivity contribution in [2.45, 2.75) is 61.9 Å². The van der Waals surface area contributed by atoms with Gasteiger partial charge in [0.05, 0.1) is 12.7 Å². The van der Waals surface area contributed by atoms with Crippen LogP contribution in [-0.4, -0.2) is 114 Å². The molecule has 0 spiro atoms. The molecule has 12 heteroatoms. The molecule has 1 saturated heterocycles. The average molecular weight is 370 g/mol. The standard InChI is InChI=1S/C13H22O12/c1-3(14)5(15)11(8(18)9(19)12(21)22)24-2-4-6(16)7(17)10(20)13(23)25-4/h3-11,14-20H,2H2,1H3,(H,21,22). The molecule has 0 bridgehead atoms. The van der Waals surface area contributed by atoms with E-state index in [1.165, 1.54) is 0 Å². The molecule has 9 unspecified atom stereocenters. The van der Waals surface area contributed by atoms with Gasteiger partial charge in [-0.3, -0.25) is 0 Å². The van der Waals surface area contributed by atoms with Crippen molar-refractivity contribution < 1.29 is 59.9 Å². The number of hydrogen-bond donors (Lipinski definition) is 8. The van der Waals surface area contributed by atoms with E-state index in [2.05, 4.69) is 4.74 Å². The maximum Gasteiger partial charge on any atom is 0.338 e. The lowest BCUT2D eigenvalue weighted by Gasteiger charge is -2.36. The fourth-order valence-corrected chi connectivity index (χ4v) is 2.17. The summed E-state index contributed by atoms with van der Waals surface area (Å²) in [6, 6.07) is 0. The Balaban J connectivity index is 2.84. The summed E-state index contributed by atoms with van der Waals surface area (Å²) in [5.41, 5.74) is 0. The van der Waals surface area contributed by atoms with Crippen molar-refractivity contribution >= 4 is 11.9 Å². The summed E-state index contributed by atoms with van der Waals surface area (Å²) in [4.78, 5) is 22.1. The van der Waals surface area contributed by atoms with Gasteiger partial charge in [0.25, 0.3) is 0 Å². The molecule has 0 aromatic rings. The molecule has 0 aromatic carbocycles. The highest BCUT2D eigenvalue weighted by atomic mass is 16.6. The molecular weight excluding hydrogens is 348 g/mol. The summed E-state index contributed by atoms with van der Waals surface area (Å²) >= 11 is 0. The Morgan fingerprint density at radius 3 is 2.16 bits per heavy atom. The quantitative estimate of drug-likeness (QED) is 0.188. The second-order valence-corrected chi connectivity index (χ2v) is 5.70. The van der Waals surface area contributed by atoms with Gasteiger partial charge < -0.3 is 50.3 Å². The predicted octanol–water partition coefficient (Wildman–Crippen LogP) is -5.07. The number of rotatable bonds is 8. The molecule has 0 saturated carbocycles. The number of carbonyl (C=O) groups is 2. The van der Waals surface area contributed by atoms with Crippen molar-refractivity contribution in [3.05, 3.63) is 0 Å². The van der Waals surface area contributed by atoms with Gasteiger partial charge in [-0.1, -0.05) is 0 Å². The minimum Gasteiger partial charge on any atom is -0.479 e. The van der Waals surface area contributed by atoms with Crippen LogP contribution in [-0.2, 0) is 19.1 Å². The molecule has 1 rings (SSSR count). The van der Waals surface area contributed by atoms with Crippen LogP contribution in [0.3, 0.4) is 0 Å². The van der Waals surface area contributed by atoms with E-state index in [0.29, 0.717) is 0 Å². The summed E-state index contributed by atoms with van der Waals surface area (Å²) in [6.45, 7) is 0.366. The van der Waals surface area contributed by atoms with Gasteiger partial charge in [0.1, 0.15) is 30.5 Å². The normalized spacial score (nSPS) is 33.0. The van der Waals surface area contributed by atoms with E-state index >= 15 is 0 Å². The highest BCUT2D eigenvalue weighted by Crippen LogP contribution is 2.20. The third kappa shape index (κ3) is 5.05. The van der Waals surface area contributed by atoms with E-state index in [1.54, 1.807) is 0 Å². The SMILES string of the molecule is CC(O)C(O)C(OCC1OC(=O)C(O)C(O)C1O)C(O)C(O)C(=O)O. The number of cyclic esters (lactones) is 1. The first-order valence-corrected chi connectivity index (χ1v) is 7.30. The number of carbonyl (C=O) groups excluding carboxylic acids is 1. The molecule has 0 amide bonds. The Labute approximate surface area is 141 Å². The Bertz CT molecular complexity index is 468. The summed E-state index contributed by atoms with van der Waals surface area (Å²) < 4.78 is 9.66. The zero-order chi connectivity index (χ0) is 19.5. The molecule has 9 atom stereocenters. The van der Waals surface area contributed by atoms with Gasteiger partial charge in [0.2, 0.25) is 0 Å². The Kier molecular flexibility index (Phi) is 7.64. The average Bonchev–Trinajstić information content (AvgIpc) is 2.55. The lowest BCUT2D eigenvalue weighted by Crippen LogP contribution is -2.58. The Morgan fingerprint density at radius 1 is 1.12 bits per heavy atom. The van der Waals surface area contributed by atoms with Gasteiger partial charge >= 0.3 is 11.9 Å². The van der Waals surface area contributed by atoms with Crippen molar-refractivity contribution in [1.82, 2.24) is 0 Å². The molecule has 25 heavy (non-hydrogen) atoms. The largest absolute Gasteiger partial charge is 0.479 e. The van der Waals surface area contributed by atoms with Crippen molar-refractivity contribution in [2.24, 2.45) is 0 Å². The zero-order valence-corrected chi connectivity index (χ0v) is 13.1. The molecule has 1 heterocycles. The molecule has 1 aliphatic rings. The van der Waals surface area contributed by atoms with E-state index < -0.39 is 73.5 Å². The number of ether oxygens (including phenoxy) is 2. The predicted molar refractivity (Wildman–Crippen MR) is 75.0 cm³/mol. The van der Waals surface area contributed by atoms with Crippen molar-refractivity contribution in [3.8, 4) is 0 Å². The van der Waals surface area contributed by atoms with Crippen LogP contribution in [0.15, 0.2) is 0 Å². The van der Waals surface area contributed by atoms with Crippen LogP contribution in [0.1, 0.15) is 6.92 Å². The molecule has 12 nitrogen and oxygen atoms in total. The van der Waals surface area contributed by atoms with Gasteiger partial charge in [0.15, 0.2) is 18.3 Å². The van der Waals surface area contributed by atoms with Crippen molar-refractivity contribution in [2.75, 3.05) is 6.61 Å². The lowest BCUT2D eigenvalue weighted by atomic mass is 9.98. The van der Waals surface area contributed by atoms with Crippen LogP contribution in [0.5, 0.6) is 0 Å². The summed E-state index contributed by atoms with van der Waals surface area (Å²) in [5, 5.41) is 75.6. The van der Waals surface area contributed by atoms with Crippen LogP contribution < -0.4 is 0 Å². The number of carboxylic acid groups (broad SMARTS) is 1. The second-order valence-electron chi connectivity index (χ2n) is 5.70. The zero-order valence-electron chi connectivity index (χ0n) is 13.1. The van der Waals surface area contributed by atoms with Gasteiger partial charge in [0, 0.05) is 0 Å². The first kappa shape index (κ1) is 21.7. The number of hydrogen-bond acceptors (Lipinski definition) is 11. The minimum atomic E-state index is -2.36. The molecule has 8 N–H and O–H groups in total. The van der Waals surface area contributed by atoms with Gasteiger partial charge in [-0.15, -0.1) is 0 Å². The summed E-state index contributed by atoms with van der Waals surface area (Å²) in [6.07, 6.45) is -16.8. The molecule has 1 aliphatic heterocycles. The van der Waals surface area contributed by atoms with Crippen LogP contribution in [0.25, 0.3) is 0 Å². The number of aliphatic hydroxyl groups is 7. The molecule has 146 valence electrons. The van der Waals surface area contributed by atoms with Crippen molar-refractivity contribution in [3.63, 3.8) is 0 Å². The monoisotopic (exact) mass is 370 g/mol. The van der Waals surface area contributed by atoms with Gasteiger partial charge in [-0.05, 0) is 6.92 Å². The van der Waals surface area contributed by atoms with E-state index in [0.717, 1.165) is 6.92 Å². The van der Waals surface area contributed by atoms with Crippen LogP contribution in [0.4, 0.5) is 0 Å². The second kappa shape index (κ2) is 8.82. The summed E-state index contributed by atoms with van der Waals surface area (Å²) in [5.74, 6) is -3.06. The number of esters is 1. The smallest absolute Gasteiger partial charge is 0.338 e. The Hall–Kier alpha value is -1.38. The first-order valence-electron chi connectivity index (χ1n) is 7.30. The highest BCUT2D eigenvalue weighted by molar-refractivity contribution is 5.76. The molecule has 1 fully saturated rings. The fraction of sp³-hybridized carbons (Fsp3) is 0.846. The first-order chi connectivity index (χ1) is 11.5. The van der Waals surface area contributed by atoms with Crippen LogP contribution in [0.2, 0.25) is 0 Å². The van der Waals surface area contributed by atoms with Gasteiger partial charge in [-0.25, -0.2) is 9.59 Å². The molecule has 0 aliphatic carbocycles. The van der Waals surface area contributed by atoms with E-state index in [4.69, 9.17) is 9.84 Å². The van der Waals surface area contributed by atoms with E-state index in [9.17, 15) is 45.3 Å². The number of aliphatic carboxylic acids is 1. The molecular formula is C13H22O12. The van der Waals surface area contributed by atoms with Crippen molar-refractivity contribution in [1.29, 1.82) is 0 Å². The van der Waals surface area contributed by atoms with Crippen LogP contribution >= 0.6 is 0 Å². The Morgan fingerprint density at radius 2 is 1.68 bits per heavy atom. The maximum absolute atomic E-state index is 11.3. The molecule has 0 radical (unpaired) electrons. The number of carboxylic acids is 1. The van der Waals surface area contributed by atoms with Crippen LogP contribution in [0, 0.1) is 0 Å². The minimum absolute atomic E-state index is 0.742. The third-order valence-electron chi connectivity index (χ3n) is 3.76.